The van der Waals surface area contributed by atoms with E-state index in [2.05, 4.69) is 30.2 Å². The fourth-order valence-corrected chi connectivity index (χ4v) is 7.67. The number of Topliss-reactive ketones (excluding diaryl/α,β-unsaturated/α-hetero) is 1. The number of fused-ring (bicyclic) bond motifs is 1. The normalized spacial score (nSPS) is 44.2. The second kappa shape index (κ2) is 5.00. The van der Waals surface area contributed by atoms with Crippen molar-refractivity contribution >= 4 is 5.78 Å². The summed E-state index contributed by atoms with van der Waals surface area (Å²) >= 11 is 0. The largest absolute Gasteiger partial charge is 0.493 e. The first-order chi connectivity index (χ1) is 13.4. The molecular weight excluding hydrogens is 354 g/mol. The number of piperidine rings is 1. The van der Waals surface area contributed by atoms with E-state index in [9.17, 15) is 4.79 Å². The molecule has 1 saturated carbocycles. The number of methoxy groups -OCH3 is 2. The molecule has 4 bridgehead atoms. The zero-order valence-corrected chi connectivity index (χ0v) is 17.0. The Hall–Kier alpha value is -1.85. The molecule has 5 nitrogen and oxygen atoms in total. The molecule has 1 saturated heterocycles. The third-order valence-corrected chi connectivity index (χ3v) is 8.77. The molecule has 0 radical (unpaired) electrons. The van der Waals surface area contributed by atoms with Gasteiger partial charge in [-0.15, -0.1) is 0 Å². The summed E-state index contributed by atoms with van der Waals surface area (Å²) in [6.45, 7) is 2.74. The Morgan fingerprint density at radius 3 is 2.82 bits per heavy atom. The van der Waals surface area contributed by atoms with Crippen LogP contribution in [0.1, 0.15) is 30.9 Å². The van der Waals surface area contributed by atoms with Gasteiger partial charge in [-0.1, -0.05) is 18.2 Å². The summed E-state index contributed by atoms with van der Waals surface area (Å²) in [5.74, 6) is 1.68. The van der Waals surface area contributed by atoms with E-state index < -0.39 is 5.60 Å². The maximum Gasteiger partial charge on any atom is 0.166 e. The van der Waals surface area contributed by atoms with Gasteiger partial charge in [-0.25, -0.2) is 0 Å². The summed E-state index contributed by atoms with van der Waals surface area (Å²) in [5.41, 5.74) is 1.72. The molecule has 3 unspecified atom stereocenters. The van der Waals surface area contributed by atoms with Crippen LogP contribution in [0, 0.1) is 11.3 Å². The first kappa shape index (κ1) is 17.0. The van der Waals surface area contributed by atoms with Crippen LogP contribution in [0.2, 0.25) is 0 Å². The predicted octanol–water partition coefficient (Wildman–Crippen LogP) is 2.50. The third kappa shape index (κ3) is 1.49. The molecule has 7 rings (SSSR count). The molecule has 2 heterocycles. The maximum absolute atomic E-state index is 12.8. The van der Waals surface area contributed by atoms with Crippen molar-refractivity contribution in [3.8, 4) is 11.5 Å². The minimum Gasteiger partial charge on any atom is -0.493 e. The van der Waals surface area contributed by atoms with E-state index in [1.54, 1.807) is 21.1 Å². The molecule has 0 amide bonds. The zero-order chi connectivity index (χ0) is 19.5. The van der Waals surface area contributed by atoms with Gasteiger partial charge in [0.05, 0.1) is 18.4 Å². The van der Waals surface area contributed by atoms with Gasteiger partial charge in [0.1, 0.15) is 17.5 Å². The Bertz CT molecular complexity index is 941. The van der Waals surface area contributed by atoms with E-state index in [1.807, 2.05) is 6.07 Å². The van der Waals surface area contributed by atoms with Crippen molar-refractivity contribution in [2.45, 2.75) is 49.3 Å². The number of carbonyl (C=O) groups excluding carboxylic acids is 1. The molecule has 2 fully saturated rings. The maximum atomic E-state index is 12.8. The van der Waals surface area contributed by atoms with E-state index in [-0.39, 0.29) is 28.6 Å². The quantitative estimate of drug-likeness (QED) is 0.753. The second-order valence-corrected chi connectivity index (χ2v) is 9.35. The molecule has 6 aliphatic rings. The molecule has 0 aromatic heterocycles. The van der Waals surface area contributed by atoms with Crippen LogP contribution < -0.4 is 9.47 Å². The van der Waals surface area contributed by atoms with E-state index >= 15 is 0 Å². The summed E-state index contributed by atoms with van der Waals surface area (Å²) in [6, 6.07) is 4.62. The lowest BCUT2D eigenvalue weighted by molar-refractivity contribution is -0.212. The Balaban J connectivity index is 1.72. The molecule has 2 aliphatic heterocycles. The molecule has 28 heavy (non-hydrogen) atoms. The van der Waals surface area contributed by atoms with Crippen LogP contribution in [0.4, 0.5) is 0 Å². The Labute approximate surface area is 165 Å². The van der Waals surface area contributed by atoms with Crippen molar-refractivity contribution in [2.75, 3.05) is 27.8 Å². The highest BCUT2D eigenvalue weighted by Crippen LogP contribution is 2.74. The van der Waals surface area contributed by atoms with Gasteiger partial charge in [0.15, 0.2) is 11.5 Å². The molecule has 1 aromatic rings. The first-order valence-corrected chi connectivity index (χ1v) is 10.3. The zero-order valence-electron chi connectivity index (χ0n) is 17.0. The SMILES string of the molecule is COc1ccc2c3c1OC1[C@]34CCN(C)C(C2)C42C=C[C@]1(OC)[C@@H](C(C)=O)C2. The van der Waals surface area contributed by atoms with E-state index in [0.717, 1.165) is 37.3 Å². The van der Waals surface area contributed by atoms with Crippen molar-refractivity contribution in [1.29, 1.82) is 0 Å². The monoisotopic (exact) mass is 381 g/mol. The number of benzene rings is 1. The number of nitrogens with zero attached hydrogens (tertiary/aromatic N) is 1. The van der Waals surface area contributed by atoms with Gasteiger partial charge in [-0.05, 0) is 51.4 Å². The van der Waals surface area contributed by atoms with Crippen molar-refractivity contribution in [1.82, 2.24) is 4.90 Å². The Morgan fingerprint density at radius 1 is 1.29 bits per heavy atom. The number of likely N-dealkylation sites (tertiary alicyclic amines) is 1. The number of carbonyl (C=O) groups is 1. The topological polar surface area (TPSA) is 48.0 Å². The standard InChI is InChI=1S/C23H27NO4/c1-13(25)15-12-21-7-8-23(15,27-4)20-22(21)9-10-24(2)17(21)11-14-5-6-16(26-3)19(28-20)18(14)22/h5-8,15,17,20H,9-12H2,1-4H3/t15-,17?,20?,21?,22+,23+/m1/s1. The van der Waals surface area contributed by atoms with Crippen LogP contribution in [0.5, 0.6) is 11.5 Å². The Kier molecular flexibility index (Phi) is 3.05. The van der Waals surface area contributed by atoms with E-state index in [0.29, 0.717) is 6.04 Å². The van der Waals surface area contributed by atoms with Crippen LogP contribution in [-0.4, -0.2) is 56.2 Å². The first-order valence-electron chi connectivity index (χ1n) is 10.3. The minimum absolute atomic E-state index is 0.105. The lowest BCUT2D eigenvalue weighted by Crippen LogP contribution is -2.79. The third-order valence-electron chi connectivity index (χ3n) is 8.77. The number of ketones is 1. The van der Waals surface area contributed by atoms with Crippen LogP contribution >= 0.6 is 0 Å². The van der Waals surface area contributed by atoms with Gasteiger partial charge in [0.2, 0.25) is 0 Å². The Morgan fingerprint density at radius 2 is 2.11 bits per heavy atom. The molecule has 6 atom stereocenters. The number of hydrogen-bond donors (Lipinski definition) is 0. The van der Waals surface area contributed by atoms with Gasteiger partial charge in [-0.2, -0.15) is 0 Å². The number of ether oxygens (including phenoxy) is 3. The van der Waals surface area contributed by atoms with Gasteiger partial charge >= 0.3 is 0 Å². The number of likely N-dealkylation sites (N-methyl/N-ethyl adjacent to an activating group) is 1. The molecule has 5 heteroatoms. The van der Waals surface area contributed by atoms with Crippen molar-refractivity contribution in [3.63, 3.8) is 0 Å². The summed E-state index contributed by atoms with van der Waals surface area (Å²) in [5, 5.41) is 0. The van der Waals surface area contributed by atoms with Gasteiger partial charge in [-0.3, -0.25) is 4.79 Å². The van der Waals surface area contributed by atoms with Crippen LogP contribution in [0.25, 0.3) is 0 Å². The highest BCUT2D eigenvalue weighted by molar-refractivity contribution is 5.82. The van der Waals surface area contributed by atoms with Crippen LogP contribution in [0.3, 0.4) is 0 Å². The number of hydrogen-bond acceptors (Lipinski definition) is 5. The van der Waals surface area contributed by atoms with Crippen molar-refractivity contribution < 1.29 is 19.0 Å². The summed E-state index contributed by atoms with van der Waals surface area (Å²) in [4.78, 5) is 15.3. The summed E-state index contributed by atoms with van der Waals surface area (Å²) in [7, 11) is 5.67. The number of rotatable bonds is 3. The summed E-state index contributed by atoms with van der Waals surface area (Å²) < 4.78 is 18.7. The summed E-state index contributed by atoms with van der Waals surface area (Å²) in [6.07, 6.45) is 7.19. The molecular formula is C23H27NO4. The van der Waals surface area contributed by atoms with Gasteiger partial charge in [0.25, 0.3) is 0 Å². The van der Waals surface area contributed by atoms with Crippen LogP contribution in [-0.2, 0) is 21.4 Å². The lowest BCUT2D eigenvalue weighted by Gasteiger charge is -2.70. The predicted molar refractivity (Wildman–Crippen MR) is 104 cm³/mol. The molecule has 148 valence electrons. The second-order valence-electron chi connectivity index (χ2n) is 9.35. The smallest absolute Gasteiger partial charge is 0.166 e. The molecule has 2 spiro atoms. The van der Waals surface area contributed by atoms with Crippen LogP contribution in [0.15, 0.2) is 24.3 Å². The van der Waals surface area contributed by atoms with Crippen molar-refractivity contribution in [3.05, 3.63) is 35.4 Å². The molecule has 4 aliphatic carbocycles. The minimum atomic E-state index is -0.716. The molecule has 1 aromatic carbocycles. The highest BCUT2D eigenvalue weighted by atomic mass is 16.6. The van der Waals surface area contributed by atoms with Gasteiger partial charge in [0, 0.05) is 24.1 Å². The average molecular weight is 381 g/mol. The van der Waals surface area contributed by atoms with Gasteiger partial charge < -0.3 is 19.1 Å². The van der Waals surface area contributed by atoms with E-state index in [1.165, 1.54) is 11.1 Å². The average Bonchev–Trinajstić information content (AvgIpc) is 3.07. The fraction of sp³-hybridized carbons (Fsp3) is 0.609. The lowest BCUT2D eigenvalue weighted by atomic mass is 9.37. The van der Waals surface area contributed by atoms with E-state index in [4.69, 9.17) is 14.2 Å². The fourth-order valence-electron chi connectivity index (χ4n) is 7.67. The van der Waals surface area contributed by atoms with Crippen molar-refractivity contribution in [2.24, 2.45) is 11.3 Å². The molecule has 0 N–H and O–H groups in total. The highest BCUT2D eigenvalue weighted by Gasteiger charge is 2.79.